The standard InChI is InChI=1S/C12H15ClN2O2/c1-3-14(4-2)11-6-5-10(12(13)9-11)7-8-15(16)17/h5-9H,3-4H2,1-2H3. The molecular weight excluding hydrogens is 240 g/mol. The van der Waals surface area contributed by atoms with Crippen molar-refractivity contribution in [3.63, 3.8) is 0 Å². The van der Waals surface area contributed by atoms with Crippen LogP contribution in [0.1, 0.15) is 19.4 Å². The molecule has 0 unspecified atom stereocenters. The van der Waals surface area contributed by atoms with Gasteiger partial charge in [-0.25, -0.2) is 0 Å². The molecule has 0 N–H and O–H groups in total. The molecule has 1 rings (SSSR count). The third-order valence-electron chi connectivity index (χ3n) is 2.49. The summed E-state index contributed by atoms with van der Waals surface area (Å²) in [4.78, 5) is 11.9. The van der Waals surface area contributed by atoms with Crippen LogP contribution in [0.15, 0.2) is 24.4 Å². The summed E-state index contributed by atoms with van der Waals surface area (Å²) in [5.41, 5.74) is 1.68. The summed E-state index contributed by atoms with van der Waals surface area (Å²) in [5.74, 6) is 0. The highest BCUT2D eigenvalue weighted by Crippen LogP contribution is 2.24. The Morgan fingerprint density at radius 2 is 2.06 bits per heavy atom. The minimum absolute atomic E-state index is 0.505. The predicted molar refractivity (Wildman–Crippen MR) is 71.0 cm³/mol. The summed E-state index contributed by atoms with van der Waals surface area (Å²) in [6, 6.07) is 5.53. The average Bonchev–Trinajstić information content (AvgIpc) is 2.29. The zero-order chi connectivity index (χ0) is 12.8. The highest BCUT2D eigenvalue weighted by atomic mass is 35.5. The molecule has 1 aromatic carbocycles. The number of hydrogen-bond acceptors (Lipinski definition) is 3. The summed E-state index contributed by atoms with van der Waals surface area (Å²) in [5, 5.41) is 10.7. The van der Waals surface area contributed by atoms with Gasteiger partial charge in [-0.05, 0) is 31.5 Å². The lowest BCUT2D eigenvalue weighted by atomic mass is 10.2. The lowest BCUT2D eigenvalue weighted by molar-refractivity contribution is -0.400. The van der Waals surface area contributed by atoms with Crippen molar-refractivity contribution in [3.05, 3.63) is 45.1 Å². The van der Waals surface area contributed by atoms with Crippen LogP contribution in [0.25, 0.3) is 6.08 Å². The Bertz CT molecular complexity index is 429. The van der Waals surface area contributed by atoms with Gasteiger partial charge in [-0.1, -0.05) is 17.7 Å². The predicted octanol–water partition coefficient (Wildman–Crippen LogP) is 3.43. The van der Waals surface area contributed by atoms with Crippen LogP contribution >= 0.6 is 11.6 Å². The van der Waals surface area contributed by atoms with Crippen molar-refractivity contribution in [1.29, 1.82) is 0 Å². The molecule has 0 saturated carbocycles. The Hall–Kier alpha value is -1.55. The summed E-state index contributed by atoms with van der Waals surface area (Å²) in [7, 11) is 0. The van der Waals surface area contributed by atoms with E-state index in [1.165, 1.54) is 6.08 Å². The van der Waals surface area contributed by atoms with Gasteiger partial charge in [0.2, 0.25) is 6.20 Å². The molecular formula is C12H15ClN2O2. The van der Waals surface area contributed by atoms with E-state index in [4.69, 9.17) is 11.6 Å². The van der Waals surface area contributed by atoms with Crippen LogP contribution in [0.3, 0.4) is 0 Å². The maximum Gasteiger partial charge on any atom is 0.235 e. The molecule has 1 aromatic rings. The molecule has 0 atom stereocenters. The summed E-state index contributed by atoms with van der Waals surface area (Å²) in [6.07, 6.45) is 2.28. The van der Waals surface area contributed by atoms with Crippen molar-refractivity contribution in [1.82, 2.24) is 0 Å². The van der Waals surface area contributed by atoms with E-state index in [0.717, 1.165) is 25.0 Å². The second-order valence-corrected chi connectivity index (χ2v) is 3.89. The number of anilines is 1. The Balaban J connectivity index is 2.97. The molecule has 0 aliphatic carbocycles. The molecule has 0 aromatic heterocycles. The normalized spacial score (nSPS) is 10.8. The molecule has 0 aliphatic rings. The fraction of sp³-hybridized carbons (Fsp3) is 0.333. The third-order valence-corrected chi connectivity index (χ3v) is 2.82. The molecule has 0 bridgehead atoms. The van der Waals surface area contributed by atoms with Crippen molar-refractivity contribution in [3.8, 4) is 0 Å². The lowest BCUT2D eigenvalue weighted by Crippen LogP contribution is -2.21. The van der Waals surface area contributed by atoms with E-state index in [-0.39, 0.29) is 0 Å². The van der Waals surface area contributed by atoms with Gasteiger partial charge < -0.3 is 4.90 Å². The second kappa shape index (κ2) is 6.25. The number of hydrogen-bond donors (Lipinski definition) is 0. The number of rotatable bonds is 5. The Morgan fingerprint density at radius 1 is 1.41 bits per heavy atom. The molecule has 4 nitrogen and oxygen atoms in total. The van der Waals surface area contributed by atoms with Crippen molar-refractivity contribution in [2.75, 3.05) is 18.0 Å². The first-order chi connectivity index (χ1) is 8.08. The van der Waals surface area contributed by atoms with Gasteiger partial charge in [-0.3, -0.25) is 10.1 Å². The molecule has 0 spiro atoms. The largest absolute Gasteiger partial charge is 0.372 e. The smallest absolute Gasteiger partial charge is 0.235 e. The zero-order valence-corrected chi connectivity index (χ0v) is 10.6. The molecule has 5 heteroatoms. The minimum atomic E-state index is -0.505. The van der Waals surface area contributed by atoms with Crippen LogP contribution < -0.4 is 4.90 Å². The fourth-order valence-corrected chi connectivity index (χ4v) is 1.82. The average molecular weight is 255 g/mol. The Kier molecular flexibility index (Phi) is 4.97. The van der Waals surface area contributed by atoms with Gasteiger partial charge in [0.15, 0.2) is 0 Å². The quantitative estimate of drug-likeness (QED) is 0.597. The topological polar surface area (TPSA) is 46.4 Å². The minimum Gasteiger partial charge on any atom is -0.372 e. The fourth-order valence-electron chi connectivity index (χ4n) is 1.58. The first kappa shape index (κ1) is 13.5. The van der Waals surface area contributed by atoms with Crippen molar-refractivity contribution < 1.29 is 4.92 Å². The zero-order valence-electron chi connectivity index (χ0n) is 9.89. The van der Waals surface area contributed by atoms with Crippen LogP contribution in [-0.2, 0) is 0 Å². The number of nitro groups is 1. The maximum atomic E-state index is 10.2. The van der Waals surface area contributed by atoms with E-state index < -0.39 is 4.92 Å². The molecule has 0 fully saturated rings. The summed E-state index contributed by atoms with van der Waals surface area (Å²) >= 11 is 6.07. The summed E-state index contributed by atoms with van der Waals surface area (Å²) in [6.45, 7) is 5.93. The first-order valence-electron chi connectivity index (χ1n) is 5.44. The van der Waals surface area contributed by atoms with E-state index >= 15 is 0 Å². The van der Waals surface area contributed by atoms with Crippen LogP contribution in [-0.4, -0.2) is 18.0 Å². The van der Waals surface area contributed by atoms with Crippen LogP contribution in [0.4, 0.5) is 5.69 Å². The van der Waals surface area contributed by atoms with E-state index in [2.05, 4.69) is 18.7 Å². The summed E-state index contributed by atoms with van der Waals surface area (Å²) < 4.78 is 0. The molecule has 0 saturated heterocycles. The second-order valence-electron chi connectivity index (χ2n) is 3.48. The number of halogens is 1. The molecule has 92 valence electrons. The van der Waals surface area contributed by atoms with E-state index in [0.29, 0.717) is 10.6 Å². The third kappa shape index (κ3) is 3.75. The van der Waals surface area contributed by atoms with Crippen LogP contribution in [0.5, 0.6) is 0 Å². The SMILES string of the molecule is CCN(CC)c1ccc(C=C[N+](=O)[O-])c(Cl)c1. The van der Waals surface area contributed by atoms with Crippen molar-refractivity contribution >= 4 is 23.4 Å². The Labute approximate surface area is 106 Å². The Morgan fingerprint density at radius 3 is 2.53 bits per heavy atom. The van der Waals surface area contributed by atoms with Gasteiger partial charge in [0, 0.05) is 24.9 Å². The van der Waals surface area contributed by atoms with E-state index in [1.807, 2.05) is 12.1 Å². The van der Waals surface area contributed by atoms with Gasteiger partial charge in [-0.2, -0.15) is 0 Å². The highest BCUT2D eigenvalue weighted by molar-refractivity contribution is 6.32. The maximum absolute atomic E-state index is 10.2. The van der Waals surface area contributed by atoms with Crippen molar-refractivity contribution in [2.45, 2.75) is 13.8 Å². The molecule has 0 heterocycles. The van der Waals surface area contributed by atoms with Gasteiger partial charge in [-0.15, -0.1) is 0 Å². The monoisotopic (exact) mass is 254 g/mol. The van der Waals surface area contributed by atoms with Gasteiger partial charge >= 0.3 is 0 Å². The lowest BCUT2D eigenvalue weighted by Gasteiger charge is -2.21. The van der Waals surface area contributed by atoms with Gasteiger partial charge in [0.1, 0.15) is 0 Å². The van der Waals surface area contributed by atoms with Gasteiger partial charge in [0.05, 0.1) is 9.95 Å². The molecule has 0 aliphatic heterocycles. The van der Waals surface area contributed by atoms with Crippen LogP contribution in [0.2, 0.25) is 5.02 Å². The van der Waals surface area contributed by atoms with Gasteiger partial charge in [0.25, 0.3) is 0 Å². The van der Waals surface area contributed by atoms with E-state index in [1.54, 1.807) is 6.07 Å². The van der Waals surface area contributed by atoms with E-state index in [9.17, 15) is 10.1 Å². The number of nitrogens with zero attached hydrogens (tertiary/aromatic N) is 2. The van der Waals surface area contributed by atoms with Crippen molar-refractivity contribution in [2.24, 2.45) is 0 Å². The first-order valence-corrected chi connectivity index (χ1v) is 5.82. The molecule has 0 radical (unpaired) electrons. The molecule has 17 heavy (non-hydrogen) atoms. The number of benzene rings is 1. The molecule has 0 amide bonds. The highest BCUT2D eigenvalue weighted by Gasteiger charge is 2.05. The van der Waals surface area contributed by atoms with Crippen LogP contribution in [0, 0.1) is 10.1 Å².